The van der Waals surface area contributed by atoms with E-state index in [9.17, 15) is 0 Å². The number of hydrogen-bond acceptors (Lipinski definition) is 1. The van der Waals surface area contributed by atoms with Crippen molar-refractivity contribution in [1.82, 2.24) is 4.57 Å². The Morgan fingerprint density at radius 3 is 1.83 bits per heavy atom. The lowest BCUT2D eigenvalue weighted by Crippen LogP contribution is -2.58. The van der Waals surface area contributed by atoms with Crippen LogP contribution in [0.3, 0.4) is 0 Å². The molecule has 0 aliphatic carbocycles. The lowest BCUT2D eigenvalue weighted by molar-refractivity contribution is 0.483. The van der Waals surface area contributed by atoms with E-state index >= 15 is 0 Å². The van der Waals surface area contributed by atoms with E-state index in [0.717, 1.165) is 11.5 Å². The van der Waals surface area contributed by atoms with E-state index in [4.69, 9.17) is 4.74 Å². The molecule has 0 radical (unpaired) electrons. The molecule has 0 unspecified atom stereocenters. The largest absolute Gasteiger partial charge is 0.458 e. The molecule has 0 saturated heterocycles. The second-order valence-electron chi connectivity index (χ2n) is 17.7. The van der Waals surface area contributed by atoms with Gasteiger partial charge in [-0.05, 0) is 129 Å². The van der Waals surface area contributed by atoms with Crippen LogP contribution in [0.4, 0.5) is 0 Å². The molecule has 0 spiro atoms. The predicted octanol–water partition coefficient (Wildman–Crippen LogP) is 10.2. The molecular weight excluding hydrogens is 581 g/mol. The molecule has 3 heteroatoms. The molecule has 2 aliphatic heterocycles. The molecular formula is C45H48BNO. The normalized spacial score (nSPS) is 14.0. The maximum Gasteiger partial charge on any atom is 0.256 e. The Balaban J connectivity index is 1.53. The van der Waals surface area contributed by atoms with E-state index in [2.05, 4.69) is 160 Å². The van der Waals surface area contributed by atoms with Crippen LogP contribution in [-0.2, 0) is 16.2 Å². The molecule has 48 heavy (non-hydrogen) atoms. The summed E-state index contributed by atoms with van der Waals surface area (Å²) in [6, 6.07) is 28.5. The highest BCUT2D eigenvalue weighted by atomic mass is 16.5. The SMILES string of the molecule is Cc1cc(C)c(-c2ccc3c(c2)B2c4c(cc(C(C)(C)C)cc4-n4c5ccc(C(C)(C)C)cc5c5cc(C(C)(C)C)cc2c54)O3)c(C)c1. The Bertz CT molecular complexity index is 2330. The topological polar surface area (TPSA) is 14.2 Å². The molecule has 0 N–H and O–H groups in total. The Morgan fingerprint density at radius 1 is 0.562 bits per heavy atom. The first-order chi connectivity index (χ1) is 22.4. The number of benzene rings is 5. The summed E-state index contributed by atoms with van der Waals surface area (Å²) in [6.45, 7) is 27.6. The fourth-order valence-corrected chi connectivity index (χ4v) is 8.41. The Hall–Kier alpha value is -4.24. The quantitative estimate of drug-likeness (QED) is 0.165. The van der Waals surface area contributed by atoms with Gasteiger partial charge in [0.25, 0.3) is 6.71 Å². The number of aromatic nitrogens is 1. The van der Waals surface area contributed by atoms with Crippen molar-refractivity contribution in [2.45, 2.75) is 99.3 Å². The molecule has 242 valence electrons. The van der Waals surface area contributed by atoms with Gasteiger partial charge >= 0.3 is 0 Å². The van der Waals surface area contributed by atoms with Crippen molar-refractivity contribution in [2.75, 3.05) is 0 Å². The van der Waals surface area contributed by atoms with Crippen LogP contribution in [0.1, 0.15) is 95.7 Å². The highest BCUT2D eigenvalue weighted by Crippen LogP contribution is 2.42. The molecule has 8 rings (SSSR count). The molecule has 0 atom stereocenters. The predicted molar refractivity (Wildman–Crippen MR) is 208 cm³/mol. The first-order valence-electron chi connectivity index (χ1n) is 17.6. The van der Waals surface area contributed by atoms with Crippen molar-refractivity contribution in [3.8, 4) is 28.3 Å². The summed E-state index contributed by atoms with van der Waals surface area (Å²) in [4.78, 5) is 0. The smallest absolute Gasteiger partial charge is 0.256 e. The number of nitrogens with zero attached hydrogens (tertiary/aromatic N) is 1. The monoisotopic (exact) mass is 629 g/mol. The van der Waals surface area contributed by atoms with E-state index in [-0.39, 0.29) is 23.0 Å². The fraction of sp³-hybridized carbons (Fsp3) is 0.333. The van der Waals surface area contributed by atoms with Crippen LogP contribution in [0.2, 0.25) is 0 Å². The van der Waals surface area contributed by atoms with Crippen molar-refractivity contribution in [3.05, 3.63) is 106 Å². The van der Waals surface area contributed by atoms with Crippen molar-refractivity contribution in [2.24, 2.45) is 0 Å². The molecule has 5 aromatic carbocycles. The zero-order valence-electron chi connectivity index (χ0n) is 30.9. The first kappa shape index (κ1) is 31.1. The number of rotatable bonds is 1. The van der Waals surface area contributed by atoms with E-state index < -0.39 is 0 Å². The summed E-state index contributed by atoms with van der Waals surface area (Å²) in [5, 5.41) is 2.68. The average molecular weight is 630 g/mol. The molecule has 2 nitrogen and oxygen atoms in total. The van der Waals surface area contributed by atoms with Crippen molar-refractivity contribution < 1.29 is 4.74 Å². The van der Waals surface area contributed by atoms with Crippen molar-refractivity contribution in [3.63, 3.8) is 0 Å². The van der Waals surface area contributed by atoms with E-state index in [1.54, 1.807) is 0 Å². The van der Waals surface area contributed by atoms with Crippen molar-refractivity contribution >= 4 is 44.9 Å². The average Bonchev–Trinajstić information content (AvgIpc) is 3.31. The molecule has 1 aromatic heterocycles. The molecule has 6 aromatic rings. The Labute approximate surface area is 287 Å². The lowest BCUT2D eigenvalue weighted by Gasteiger charge is -2.36. The minimum absolute atomic E-state index is 0.00802. The number of hydrogen-bond donors (Lipinski definition) is 0. The standard InChI is InChI=1S/C45H48BNO/c1-25-17-26(2)40(27(3)18-25)28-13-16-38-34(19-28)46-35-22-30(44(7,8)9)21-33-32-20-29(43(4,5)6)14-15-36(32)47(42(33)35)37-23-31(45(10,11)12)24-39(48-38)41(37)46/h13-24H,1-12H3. The number of ether oxygens (including phenoxy) is 1. The van der Waals surface area contributed by atoms with Gasteiger partial charge in [0, 0.05) is 22.0 Å². The molecule has 0 amide bonds. The molecule has 0 bridgehead atoms. The van der Waals surface area contributed by atoms with Gasteiger partial charge in [0.2, 0.25) is 0 Å². The second kappa shape index (κ2) is 9.91. The maximum absolute atomic E-state index is 6.98. The lowest BCUT2D eigenvalue weighted by atomic mass is 9.34. The van der Waals surface area contributed by atoms with Crippen LogP contribution in [0.15, 0.2) is 72.8 Å². The van der Waals surface area contributed by atoms with Crippen LogP contribution < -0.4 is 21.1 Å². The Morgan fingerprint density at radius 2 is 1.19 bits per heavy atom. The molecule has 0 fully saturated rings. The van der Waals surface area contributed by atoms with E-state index in [1.165, 1.54) is 88.4 Å². The third-order valence-electron chi connectivity index (χ3n) is 11.0. The highest BCUT2D eigenvalue weighted by Gasteiger charge is 2.42. The zero-order chi connectivity index (χ0) is 34.2. The number of aryl methyl sites for hydroxylation is 3. The van der Waals surface area contributed by atoms with Crippen LogP contribution in [0.5, 0.6) is 11.5 Å². The van der Waals surface area contributed by atoms with Crippen molar-refractivity contribution in [1.29, 1.82) is 0 Å². The summed E-state index contributed by atoms with van der Waals surface area (Å²) >= 11 is 0. The summed E-state index contributed by atoms with van der Waals surface area (Å²) < 4.78 is 9.54. The minimum Gasteiger partial charge on any atom is -0.458 e. The van der Waals surface area contributed by atoms with Gasteiger partial charge in [-0.3, -0.25) is 0 Å². The molecule has 2 aliphatic rings. The fourth-order valence-electron chi connectivity index (χ4n) is 8.41. The minimum atomic E-state index is -0.0349. The van der Waals surface area contributed by atoms with E-state index in [1.807, 2.05) is 0 Å². The highest BCUT2D eigenvalue weighted by molar-refractivity contribution is 6.99. The van der Waals surface area contributed by atoms with Crippen LogP contribution in [0, 0.1) is 20.8 Å². The van der Waals surface area contributed by atoms with Gasteiger partial charge in [-0.2, -0.15) is 0 Å². The zero-order valence-corrected chi connectivity index (χ0v) is 30.9. The Kier molecular flexibility index (Phi) is 6.41. The van der Waals surface area contributed by atoms with Crippen LogP contribution >= 0.6 is 0 Å². The van der Waals surface area contributed by atoms with Crippen LogP contribution in [0.25, 0.3) is 38.6 Å². The van der Waals surface area contributed by atoms with E-state index in [0.29, 0.717) is 0 Å². The third-order valence-corrected chi connectivity index (χ3v) is 11.0. The van der Waals surface area contributed by atoms with Gasteiger partial charge in [-0.1, -0.05) is 104 Å². The van der Waals surface area contributed by atoms with Gasteiger partial charge in [0.05, 0.1) is 5.52 Å². The molecule has 0 saturated carbocycles. The maximum atomic E-state index is 6.98. The van der Waals surface area contributed by atoms with Gasteiger partial charge in [0.1, 0.15) is 11.5 Å². The summed E-state index contributed by atoms with van der Waals surface area (Å²) in [7, 11) is 0. The third kappa shape index (κ3) is 4.53. The molecule has 3 heterocycles. The summed E-state index contributed by atoms with van der Waals surface area (Å²) in [6.07, 6.45) is 0. The van der Waals surface area contributed by atoms with Gasteiger partial charge in [-0.25, -0.2) is 0 Å². The number of fused-ring (bicyclic) bond motifs is 7. The first-order valence-corrected chi connectivity index (χ1v) is 17.6. The van der Waals surface area contributed by atoms with Crippen LogP contribution in [-0.4, -0.2) is 11.3 Å². The van der Waals surface area contributed by atoms with Gasteiger partial charge in [-0.15, -0.1) is 0 Å². The van der Waals surface area contributed by atoms with Gasteiger partial charge < -0.3 is 9.30 Å². The summed E-state index contributed by atoms with van der Waals surface area (Å²) in [5.74, 6) is 1.95. The van der Waals surface area contributed by atoms with Gasteiger partial charge in [0.15, 0.2) is 0 Å². The second-order valence-corrected chi connectivity index (χ2v) is 17.7. The summed E-state index contributed by atoms with van der Waals surface area (Å²) in [5.41, 5.74) is 18.3.